The number of hydrogen-bond acceptors (Lipinski definition) is 5. The summed E-state index contributed by atoms with van der Waals surface area (Å²) < 4.78 is 6.94. The fraction of sp³-hybridized carbons (Fsp3) is 0.133. The van der Waals surface area contributed by atoms with Gasteiger partial charge in [0.1, 0.15) is 12.5 Å². The Kier molecular flexibility index (Phi) is 2.89. The monoisotopic (exact) mass is 293 g/mol. The summed E-state index contributed by atoms with van der Waals surface area (Å²) in [4.78, 5) is 19.7. The molecule has 0 fully saturated rings. The first-order chi connectivity index (χ1) is 10.8. The molecule has 1 unspecified atom stereocenters. The summed E-state index contributed by atoms with van der Waals surface area (Å²) in [5.74, 6) is -0.137. The molecule has 1 aliphatic heterocycles. The Balaban J connectivity index is 1.58. The molecule has 1 aliphatic rings. The SMILES string of the molecule is O=C1N=CC=CC1c1noc(Cn2cc3ccccc3n2)n1. The van der Waals surface area contributed by atoms with Crippen LogP contribution in [0.4, 0.5) is 0 Å². The number of dihydropyridines is 1. The molecule has 22 heavy (non-hydrogen) atoms. The molecule has 0 spiro atoms. The molecule has 0 N–H and O–H groups in total. The standard InChI is InChI=1S/C15H11N5O2/c21-15-11(5-3-7-16-15)14-17-13(22-19-14)9-20-8-10-4-1-2-6-12(10)18-20/h1-8,11H,9H2. The van der Waals surface area contributed by atoms with Crippen LogP contribution in [0.1, 0.15) is 17.6 Å². The predicted molar refractivity (Wildman–Crippen MR) is 78.5 cm³/mol. The molecule has 7 nitrogen and oxygen atoms in total. The molecule has 7 heteroatoms. The van der Waals surface area contributed by atoms with Crippen molar-refractivity contribution >= 4 is 23.0 Å². The van der Waals surface area contributed by atoms with Crippen LogP contribution in [0.15, 0.2) is 52.1 Å². The summed E-state index contributed by atoms with van der Waals surface area (Å²) in [5, 5.41) is 9.34. The third-order valence-corrected chi connectivity index (χ3v) is 3.38. The van der Waals surface area contributed by atoms with Crippen LogP contribution >= 0.6 is 0 Å². The molecule has 1 aromatic carbocycles. The number of carbonyl (C=O) groups is 1. The van der Waals surface area contributed by atoms with Crippen LogP contribution in [0.25, 0.3) is 10.9 Å². The van der Waals surface area contributed by atoms with Gasteiger partial charge in [0.25, 0.3) is 5.91 Å². The van der Waals surface area contributed by atoms with E-state index in [1.165, 1.54) is 6.21 Å². The molecule has 0 saturated heterocycles. The number of fused-ring (bicyclic) bond motifs is 1. The minimum Gasteiger partial charge on any atom is -0.337 e. The molecule has 4 rings (SSSR count). The summed E-state index contributed by atoms with van der Waals surface area (Å²) in [6.07, 6.45) is 6.76. The van der Waals surface area contributed by atoms with Gasteiger partial charge in [-0.25, -0.2) is 4.99 Å². The van der Waals surface area contributed by atoms with Crippen LogP contribution in [-0.2, 0) is 11.3 Å². The van der Waals surface area contributed by atoms with Crippen molar-refractivity contribution < 1.29 is 9.32 Å². The molecule has 2 aromatic heterocycles. The summed E-state index contributed by atoms with van der Waals surface area (Å²) in [5.41, 5.74) is 0.905. The van der Waals surface area contributed by atoms with Gasteiger partial charge in [-0.15, -0.1) is 0 Å². The predicted octanol–water partition coefficient (Wildman–Crippen LogP) is 1.72. The van der Waals surface area contributed by atoms with Gasteiger partial charge in [-0.2, -0.15) is 10.1 Å². The van der Waals surface area contributed by atoms with Crippen molar-refractivity contribution in [3.05, 3.63) is 54.3 Å². The molecule has 108 valence electrons. The number of rotatable bonds is 3. The van der Waals surface area contributed by atoms with Gasteiger partial charge in [0.05, 0.1) is 5.52 Å². The third kappa shape index (κ3) is 2.22. The number of amides is 1. The van der Waals surface area contributed by atoms with Gasteiger partial charge in [0.2, 0.25) is 5.89 Å². The van der Waals surface area contributed by atoms with E-state index in [9.17, 15) is 4.79 Å². The number of carbonyl (C=O) groups excluding carboxylic acids is 1. The summed E-state index contributed by atoms with van der Waals surface area (Å²) in [6, 6.07) is 7.82. The van der Waals surface area contributed by atoms with Crippen LogP contribution in [0, 0.1) is 0 Å². The Hall–Kier alpha value is -3.09. The molecule has 0 aliphatic carbocycles. The third-order valence-electron chi connectivity index (χ3n) is 3.38. The molecule has 1 amide bonds. The second kappa shape index (κ2) is 5.03. The lowest BCUT2D eigenvalue weighted by atomic mass is 10.1. The highest BCUT2D eigenvalue weighted by Gasteiger charge is 2.24. The number of aliphatic imine (C=N–C) groups is 1. The van der Waals surface area contributed by atoms with Crippen molar-refractivity contribution in [1.29, 1.82) is 0 Å². The number of allylic oxidation sites excluding steroid dienone is 1. The maximum absolute atomic E-state index is 11.7. The highest BCUT2D eigenvalue weighted by Crippen LogP contribution is 2.18. The van der Waals surface area contributed by atoms with Crippen molar-refractivity contribution in [1.82, 2.24) is 19.9 Å². The molecule has 0 radical (unpaired) electrons. The fourth-order valence-electron chi connectivity index (χ4n) is 2.33. The maximum Gasteiger partial charge on any atom is 0.260 e. The normalized spacial score (nSPS) is 17.5. The second-order valence-electron chi connectivity index (χ2n) is 4.91. The fourth-order valence-corrected chi connectivity index (χ4v) is 2.33. The van der Waals surface area contributed by atoms with Crippen molar-refractivity contribution in [2.75, 3.05) is 0 Å². The van der Waals surface area contributed by atoms with Crippen LogP contribution in [-0.4, -0.2) is 32.0 Å². The highest BCUT2D eigenvalue weighted by atomic mass is 16.5. The molecule has 0 bridgehead atoms. The first-order valence-electron chi connectivity index (χ1n) is 6.79. The molecular formula is C15H11N5O2. The van der Waals surface area contributed by atoms with Crippen molar-refractivity contribution in [3.8, 4) is 0 Å². The Labute approximate surface area is 125 Å². The first kappa shape index (κ1) is 12.6. The van der Waals surface area contributed by atoms with E-state index in [0.717, 1.165) is 10.9 Å². The van der Waals surface area contributed by atoms with Crippen molar-refractivity contribution in [2.45, 2.75) is 12.5 Å². The van der Waals surface area contributed by atoms with Crippen molar-refractivity contribution in [2.24, 2.45) is 4.99 Å². The van der Waals surface area contributed by atoms with Gasteiger partial charge in [-0.1, -0.05) is 29.4 Å². The zero-order valence-electron chi connectivity index (χ0n) is 11.5. The average Bonchev–Trinajstić information content (AvgIpc) is 3.14. The topological polar surface area (TPSA) is 86.2 Å². The second-order valence-corrected chi connectivity index (χ2v) is 4.91. The molecule has 0 saturated carbocycles. The molecule has 3 heterocycles. The highest BCUT2D eigenvalue weighted by molar-refractivity contribution is 5.96. The first-order valence-corrected chi connectivity index (χ1v) is 6.79. The van der Waals surface area contributed by atoms with Gasteiger partial charge in [0, 0.05) is 17.8 Å². The van der Waals surface area contributed by atoms with Gasteiger partial charge in [-0.3, -0.25) is 9.48 Å². The van der Waals surface area contributed by atoms with Crippen LogP contribution in [0.2, 0.25) is 0 Å². The number of benzene rings is 1. The summed E-state index contributed by atoms with van der Waals surface area (Å²) in [6.45, 7) is 0.357. The van der Waals surface area contributed by atoms with Gasteiger partial charge in [0.15, 0.2) is 5.82 Å². The molecule has 1 atom stereocenters. The minimum atomic E-state index is -0.570. The number of aromatic nitrogens is 4. The summed E-state index contributed by atoms with van der Waals surface area (Å²) >= 11 is 0. The zero-order valence-corrected chi connectivity index (χ0v) is 11.5. The average molecular weight is 293 g/mol. The quantitative estimate of drug-likeness (QED) is 0.734. The van der Waals surface area contributed by atoms with Crippen molar-refractivity contribution in [3.63, 3.8) is 0 Å². The Morgan fingerprint density at radius 1 is 1.27 bits per heavy atom. The van der Waals surface area contributed by atoms with E-state index in [2.05, 4.69) is 20.2 Å². The van der Waals surface area contributed by atoms with E-state index >= 15 is 0 Å². The largest absolute Gasteiger partial charge is 0.337 e. The minimum absolute atomic E-state index is 0.292. The van der Waals surface area contributed by atoms with Crippen LogP contribution < -0.4 is 0 Å². The Morgan fingerprint density at radius 2 is 2.18 bits per heavy atom. The zero-order chi connectivity index (χ0) is 14.9. The van der Waals surface area contributed by atoms with E-state index in [1.807, 2.05) is 30.5 Å². The maximum atomic E-state index is 11.7. The van der Waals surface area contributed by atoms with E-state index < -0.39 is 5.92 Å². The number of hydrogen-bond donors (Lipinski definition) is 0. The van der Waals surface area contributed by atoms with Crippen LogP contribution in [0.5, 0.6) is 0 Å². The summed E-state index contributed by atoms with van der Waals surface area (Å²) in [7, 11) is 0. The lowest BCUT2D eigenvalue weighted by molar-refractivity contribution is -0.118. The Bertz CT molecular complexity index is 872. The van der Waals surface area contributed by atoms with E-state index in [4.69, 9.17) is 4.52 Å². The van der Waals surface area contributed by atoms with E-state index in [1.54, 1.807) is 16.8 Å². The lowest BCUT2D eigenvalue weighted by Gasteiger charge is -2.04. The number of nitrogens with zero attached hydrogens (tertiary/aromatic N) is 5. The van der Waals surface area contributed by atoms with Gasteiger partial charge < -0.3 is 4.52 Å². The van der Waals surface area contributed by atoms with Gasteiger partial charge in [-0.05, 0) is 12.1 Å². The molecular weight excluding hydrogens is 282 g/mol. The lowest BCUT2D eigenvalue weighted by Crippen LogP contribution is -2.12. The van der Waals surface area contributed by atoms with Gasteiger partial charge >= 0.3 is 0 Å². The van der Waals surface area contributed by atoms with E-state index in [0.29, 0.717) is 18.3 Å². The smallest absolute Gasteiger partial charge is 0.260 e. The van der Waals surface area contributed by atoms with E-state index in [-0.39, 0.29) is 5.91 Å². The molecule has 3 aromatic rings. The van der Waals surface area contributed by atoms with Crippen LogP contribution in [0.3, 0.4) is 0 Å². The Morgan fingerprint density at radius 3 is 3.05 bits per heavy atom.